The molecule has 1 saturated heterocycles. The number of ketones is 1. The number of carbonyl (C=O) groups is 3. The summed E-state index contributed by atoms with van der Waals surface area (Å²) >= 11 is 0. The number of aliphatic carboxylic acids is 2. The number of carbonyl (C=O) groups excluding carboxylic acids is 1. The summed E-state index contributed by atoms with van der Waals surface area (Å²) in [5.74, 6) is -3.20. The van der Waals surface area contributed by atoms with Gasteiger partial charge in [-0.15, -0.1) is 0 Å². The fourth-order valence-electron chi connectivity index (χ4n) is 4.38. The topological polar surface area (TPSA) is 195 Å². The van der Waals surface area contributed by atoms with Crippen LogP contribution in [-0.2, 0) is 23.7 Å². The fraction of sp³-hybridized carbons (Fsp3) is 0.321. The molecule has 0 saturated carbocycles. The standard InChI is InChI=1S/C26H29N5O6.C2H2O4/c1-27-23(18-24(32)28(2)26(27)34)30-14-12-29(13-15-30)11-6-16-37-22-10-9-20(17-21(22)31(35)36)25(33)19-7-4-3-5-8-19;3-1(4)2(5)6/h3-5,7-10,17-18H,6,11-16H2,1-2H3;(H,3,4)(H,5,6). The van der Waals surface area contributed by atoms with Crippen molar-refractivity contribution in [2.24, 2.45) is 14.1 Å². The quantitative estimate of drug-likeness (QED) is 0.117. The second-order valence-electron chi connectivity index (χ2n) is 9.52. The third-order valence-corrected chi connectivity index (χ3v) is 6.71. The number of piperazine rings is 1. The van der Waals surface area contributed by atoms with Gasteiger partial charge in [0.25, 0.3) is 5.56 Å². The van der Waals surface area contributed by atoms with Crippen molar-refractivity contribution in [3.05, 3.63) is 96.7 Å². The Bertz CT molecular complexity index is 1600. The first-order valence-corrected chi connectivity index (χ1v) is 13.1. The lowest BCUT2D eigenvalue weighted by Crippen LogP contribution is -2.49. The summed E-state index contributed by atoms with van der Waals surface area (Å²) in [4.78, 5) is 70.4. The summed E-state index contributed by atoms with van der Waals surface area (Å²) < 4.78 is 8.27. The van der Waals surface area contributed by atoms with Gasteiger partial charge < -0.3 is 19.8 Å². The molecule has 0 radical (unpaired) electrons. The third kappa shape index (κ3) is 8.36. The molecule has 1 aliphatic heterocycles. The highest BCUT2D eigenvalue weighted by atomic mass is 16.6. The van der Waals surface area contributed by atoms with Gasteiger partial charge in [0.05, 0.1) is 11.5 Å². The number of ether oxygens (including phenoxy) is 1. The Morgan fingerprint density at radius 2 is 1.51 bits per heavy atom. The molecule has 0 unspecified atom stereocenters. The summed E-state index contributed by atoms with van der Waals surface area (Å²) in [5.41, 5.74) is -0.229. The second-order valence-corrected chi connectivity index (χ2v) is 9.52. The third-order valence-electron chi connectivity index (χ3n) is 6.71. The van der Waals surface area contributed by atoms with Gasteiger partial charge in [0.2, 0.25) is 0 Å². The first-order chi connectivity index (χ1) is 20.4. The highest BCUT2D eigenvalue weighted by Crippen LogP contribution is 2.29. The Morgan fingerprint density at radius 1 is 0.884 bits per heavy atom. The molecule has 2 heterocycles. The minimum atomic E-state index is -1.82. The van der Waals surface area contributed by atoms with Crippen LogP contribution in [0.1, 0.15) is 22.3 Å². The van der Waals surface area contributed by atoms with Crippen molar-refractivity contribution >= 4 is 29.2 Å². The van der Waals surface area contributed by atoms with Gasteiger partial charge in [-0.1, -0.05) is 30.3 Å². The van der Waals surface area contributed by atoms with Gasteiger partial charge in [-0.05, 0) is 18.6 Å². The lowest BCUT2D eigenvalue weighted by molar-refractivity contribution is -0.385. The average molecular weight is 598 g/mol. The van der Waals surface area contributed by atoms with Gasteiger partial charge >= 0.3 is 23.3 Å². The van der Waals surface area contributed by atoms with Crippen molar-refractivity contribution in [2.45, 2.75) is 6.42 Å². The number of aromatic nitrogens is 2. The molecule has 0 amide bonds. The minimum Gasteiger partial charge on any atom is -0.487 e. The summed E-state index contributed by atoms with van der Waals surface area (Å²) in [6.45, 7) is 3.87. The molecule has 1 aromatic heterocycles. The van der Waals surface area contributed by atoms with Crippen LogP contribution in [0.5, 0.6) is 5.75 Å². The highest BCUT2D eigenvalue weighted by molar-refractivity contribution is 6.27. The molecule has 2 aromatic carbocycles. The van der Waals surface area contributed by atoms with Gasteiger partial charge in [-0.3, -0.25) is 33.7 Å². The molecule has 0 atom stereocenters. The number of nitrogens with zero attached hydrogens (tertiary/aromatic N) is 5. The number of benzene rings is 2. The minimum absolute atomic E-state index is 0.131. The molecule has 15 nitrogen and oxygen atoms in total. The van der Waals surface area contributed by atoms with Crippen LogP contribution in [0.4, 0.5) is 11.5 Å². The lowest BCUT2D eigenvalue weighted by atomic mass is 10.0. The van der Waals surface area contributed by atoms with E-state index in [1.165, 1.54) is 29.8 Å². The molecule has 43 heavy (non-hydrogen) atoms. The summed E-state index contributed by atoms with van der Waals surface area (Å²) in [7, 11) is 3.12. The van der Waals surface area contributed by atoms with Crippen LogP contribution in [0.2, 0.25) is 0 Å². The lowest BCUT2D eigenvalue weighted by Gasteiger charge is -2.36. The molecule has 1 fully saturated rings. The van der Waals surface area contributed by atoms with Crippen LogP contribution in [0.15, 0.2) is 64.2 Å². The van der Waals surface area contributed by atoms with Gasteiger partial charge in [0.1, 0.15) is 5.82 Å². The van der Waals surface area contributed by atoms with E-state index < -0.39 is 16.9 Å². The van der Waals surface area contributed by atoms with Crippen molar-refractivity contribution in [2.75, 3.05) is 44.2 Å². The van der Waals surface area contributed by atoms with Gasteiger partial charge in [0.15, 0.2) is 11.5 Å². The molecule has 15 heteroatoms. The molecular formula is C28H31N5O10. The normalized spacial score (nSPS) is 13.0. The first-order valence-electron chi connectivity index (χ1n) is 13.1. The summed E-state index contributed by atoms with van der Waals surface area (Å²) in [6, 6.07) is 14.4. The molecular weight excluding hydrogens is 566 g/mol. The monoisotopic (exact) mass is 597 g/mol. The molecule has 3 aromatic rings. The largest absolute Gasteiger partial charge is 0.487 e. The predicted octanol–water partition coefficient (Wildman–Crippen LogP) is 0.970. The van der Waals surface area contributed by atoms with E-state index in [0.29, 0.717) is 30.9 Å². The number of nitro benzene ring substituents is 1. The maximum atomic E-state index is 12.6. The van der Waals surface area contributed by atoms with Gasteiger partial charge in [0, 0.05) is 70.1 Å². The SMILES string of the molecule is Cn1c(N2CCN(CCCOc3ccc(C(=O)c4ccccc4)cc3[N+](=O)[O-])CC2)cc(=O)n(C)c1=O.O=C(O)C(=O)O. The molecule has 4 rings (SSSR count). The highest BCUT2D eigenvalue weighted by Gasteiger charge is 2.22. The van der Waals surface area contributed by atoms with E-state index in [2.05, 4.69) is 4.90 Å². The summed E-state index contributed by atoms with van der Waals surface area (Å²) in [6.07, 6.45) is 0.659. The van der Waals surface area contributed by atoms with Crippen LogP contribution >= 0.6 is 0 Å². The van der Waals surface area contributed by atoms with E-state index in [-0.39, 0.29) is 40.6 Å². The fourth-order valence-corrected chi connectivity index (χ4v) is 4.38. The van der Waals surface area contributed by atoms with Crippen molar-refractivity contribution in [1.29, 1.82) is 0 Å². The molecule has 1 aliphatic rings. The molecule has 0 aliphatic carbocycles. The predicted molar refractivity (Wildman–Crippen MR) is 154 cm³/mol. The van der Waals surface area contributed by atoms with E-state index in [1.807, 2.05) is 4.90 Å². The maximum Gasteiger partial charge on any atom is 0.414 e. The van der Waals surface area contributed by atoms with Crippen molar-refractivity contribution < 1.29 is 34.3 Å². The number of hydrogen-bond donors (Lipinski definition) is 2. The average Bonchev–Trinajstić information content (AvgIpc) is 3.00. The van der Waals surface area contributed by atoms with Crippen molar-refractivity contribution in [3.8, 4) is 5.75 Å². The Hall–Kier alpha value is -5.31. The van der Waals surface area contributed by atoms with E-state index in [9.17, 15) is 24.5 Å². The Morgan fingerprint density at radius 3 is 2.09 bits per heavy atom. The smallest absolute Gasteiger partial charge is 0.414 e. The van der Waals surface area contributed by atoms with Crippen LogP contribution in [0, 0.1) is 10.1 Å². The number of hydrogen-bond acceptors (Lipinski definition) is 10. The summed E-state index contributed by atoms with van der Waals surface area (Å²) in [5, 5.41) is 26.4. The van der Waals surface area contributed by atoms with Crippen LogP contribution in [0.3, 0.4) is 0 Å². The van der Waals surface area contributed by atoms with Crippen molar-refractivity contribution in [1.82, 2.24) is 14.0 Å². The van der Waals surface area contributed by atoms with Crippen LogP contribution < -0.4 is 20.9 Å². The number of carboxylic acid groups (broad SMARTS) is 2. The second kappa shape index (κ2) is 14.5. The van der Waals surface area contributed by atoms with Crippen LogP contribution in [-0.4, -0.2) is 86.2 Å². The zero-order chi connectivity index (χ0) is 31.7. The van der Waals surface area contributed by atoms with E-state index in [4.69, 9.17) is 24.5 Å². The van der Waals surface area contributed by atoms with Gasteiger partial charge in [-0.2, -0.15) is 0 Å². The Labute approximate surface area is 244 Å². The molecule has 2 N–H and O–H groups in total. The number of nitro groups is 1. The van der Waals surface area contributed by atoms with E-state index in [0.717, 1.165) is 24.2 Å². The number of carboxylic acids is 2. The Kier molecular flexibility index (Phi) is 10.9. The molecule has 0 bridgehead atoms. The zero-order valence-corrected chi connectivity index (χ0v) is 23.5. The van der Waals surface area contributed by atoms with E-state index >= 15 is 0 Å². The molecule has 228 valence electrons. The first kappa shape index (κ1) is 32.2. The zero-order valence-electron chi connectivity index (χ0n) is 23.5. The maximum absolute atomic E-state index is 12.6. The van der Waals surface area contributed by atoms with Gasteiger partial charge in [-0.25, -0.2) is 14.4 Å². The Balaban J connectivity index is 0.000000765. The van der Waals surface area contributed by atoms with Crippen LogP contribution in [0.25, 0.3) is 0 Å². The molecule has 0 spiro atoms. The van der Waals surface area contributed by atoms with E-state index in [1.54, 1.807) is 43.4 Å². The number of rotatable bonds is 9. The van der Waals surface area contributed by atoms with Crippen molar-refractivity contribution in [3.63, 3.8) is 0 Å². The number of anilines is 1.